The molecule has 0 amide bonds. The molecule has 0 aliphatic carbocycles. The number of benzene rings is 4. The first-order valence-electron chi connectivity index (χ1n) is 18.6. The van der Waals surface area contributed by atoms with Crippen molar-refractivity contribution in [2.24, 2.45) is 11.7 Å². The monoisotopic (exact) mass is 868 g/mol. The summed E-state index contributed by atoms with van der Waals surface area (Å²) in [4.78, 5) is 63.3. The number of methoxy groups -OCH3 is 2. The van der Waals surface area contributed by atoms with Crippen molar-refractivity contribution in [3.63, 3.8) is 0 Å². The molecule has 0 bridgehead atoms. The number of carbonyl (C=O) groups is 5. The number of esters is 1. The number of carboxylic acids is 4. The first kappa shape index (κ1) is 52.6. The van der Waals surface area contributed by atoms with Crippen molar-refractivity contribution in [2.45, 2.75) is 58.5 Å². The van der Waals surface area contributed by atoms with Crippen LogP contribution in [0.4, 0.5) is 5.69 Å². The van der Waals surface area contributed by atoms with Crippen LogP contribution in [0.25, 0.3) is 11.1 Å². The van der Waals surface area contributed by atoms with Gasteiger partial charge in [0.25, 0.3) is 5.69 Å². The zero-order valence-electron chi connectivity index (χ0n) is 34.8. The highest BCUT2D eigenvalue weighted by molar-refractivity contribution is 5.94. The Bertz CT molecular complexity index is 2080. The van der Waals surface area contributed by atoms with E-state index < -0.39 is 52.7 Å². The Hall–Kier alpha value is -7.41. The molecule has 62 heavy (non-hydrogen) atoms. The molecule has 336 valence electrons. The van der Waals surface area contributed by atoms with Gasteiger partial charge < -0.3 is 55.3 Å². The quantitative estimate of drug-likeness (QED) is 0.0279. The highest BCUT2D eigenvalue weighted by Crippen LogP contribution is 2.34. The molecule has 8 N–H and O–H groups in total. The van der Waals surface area contributed by atoms with Crippen molar-refractivity contribution in [1.82, 2.24) is 0 Å². The van der Waals surface area contributed by atoms with Crippen molar-refractivity contribution >= 4 is 35.5 Å². The first-order chi connectivity index (χ1) is 29.1. The largest absolute Gasteiger partial charge is 0.508 e. The molecular weight excluding hydrogens is 816 g/mol. The molecule has 1 unspecified atom stereocenters. The Morgan fingerprint density at radius 2 is 1.31 bits per heavy atom. The molecule has 19 nitrogen and oxygen atoms in total. The maximum Gasteiger partial charge on any atom is 0.320 e. The number of nitrogens with zero attached hydrogens (tertiary/aromatic N) is 1. The van der Waals surface area contributed by atoms with Crippen LogP contribution in [-0.2, 0) is 41.6 Å². The molecular formula is C43H52N2O17. The number of carbonyl (C=O) groups excluding carboxylic acids is 1. The van der Waals surface area contributed by atoms with Gasteiger partial charge in [-0.25, -0.2) is 0 Å². The fraction of sp³-hybridized carbons (Fsp3) is 0.326. The lowest BCUT2D eigenvalue weighted by atomic mass is 10.1. The third-order valence-electron chi connectivity index (χ3n) is 7.79. The molecule has 4 aromatic carbocycles. The molecule has 0 aliphatic rings. The lowest BCUT2D eigenvalue weighted by molar-refractivity contribution is -0.385. The average Bonchev–Trinajstić information content (AvgIpc) is 3.19. The van der Waals surface area contributed by atoms with E-state index in [9.17, 15) is 39.2 Å². The molecule has 19 heteroatoms. The van der Waals surface area contributed by atoms with Gasteiger partial charge in [-0.3, -0.25) is 34.1 Å². The van der Waals surface area contributed by atoms with Crippen LogP contribution in [0, 0.1) is 16.0 Å². The van der Waals surface area contributed by atoms with E-state index in [0.717, 1.165) is 17.2 Å². The number of nitro benzene ring substituents is 1. The molecule has 4 aromatic rings. The highest BCUT2D eigenvalue weighted by atomic mass is 16.6. The van der Waals surface area contributed by atoms with E-state index in [-0.39, 0.29) is 73.1 Å². The summed E-state index contributed by atoms with van der Waals surface area (Å²) >= 11 is 0. The molecule has 0 saturated heterocycles. The normalized spacial score (nSPS) is 10.7. The van der Waals surface area contributed by atoms with Gasteiger partial charge in [-0.05, 0) is 81.1 Å². The van der Waals surface area contributed by atoms with Gasteiger partial charge in [0.05, 0.1) is 44.7 Å². The second-order valence-electron chi connectivity index (χ2n) is 13.8. The van der Waals surface area contributed by atoms with Crippen LogP contribution in [0.15, 0.2) is 84.9 Å². The third-order valence-corrected chi connectivity index (χ3v) is 7.79. The van der Waals surface area contributed by atoms with Crippen LogP contribution >= 0.6 is 0 Å². The number of ether oxygens (including phenoxy) is 4. The lowest BCUT2D eigenvalue weighted by Crippen LogP contribution is -2.33. The number of nitro groups is 1. The summed E-state index contributed by atoms with van der Waals surface area (Å²) in [6.07, 6.45) is -0.0961. The predicted octanol–water partition coefficient (Wildman–Crippen LogP) is 5.94. The van der Waals surface area contributed by atoms with Crippen molar-refractivity contribution in [2.75, 3.05) is 27.4 Å². The summed E-state index contributed by atoms with van der Waals surface area (Å²) in [5, 5.41) is 63.3. The standard InChI is InChI=1S/C15H14O3.C10H11NO6.C9H17NO4.C9H10O4/c16-15(17)10-11-18-14-8-6-13(7-9-14)12-4-2-1-3-5-12;1-16-8-3-6(4-10(12)13)7(11(14)15)5-9(8)17-2;1-9(2,3)14-8(13)6(4-5-10)7(11)12;10-7-3-1-6(8(11)5-7)2-4-9(12)13/h1-9H,10-11H2,(H,16,17);3,5H,4H2,1-2H3,(H,12,13);6H,4-5,10H2,1-3H3,(H,11,12);1,3,5,10-11H,2,4H2,(H,12,13). The Balaban J connectivity index is 0.000000417. The summed E-state index contributed by atoms with van der Waals surface area (Å²) in [6.45, 7) is 5.40. The van der Waals surface area contributed by atoms with E-state index in [4.69, 9.17) is 50.2 Å². The van der Waals surface area contributed by atoms with Gasteiger partial charge >= 0.3 is 29.8 Å². The molecule has 0 aromatic heterocycles. The first-order valence-corrected chi connectivity index (χ1v) is 18.6. The van der Waals surface area contributed by atoms with Crippen molar-refractivity contribution in [3.8, 4) is 39.9 Å². The number of aliphatic carboxylic acids is 4. The van der Waals surface area contributed by atoms with E-state index in [1.54, 1.807) is 20.8 Å². The summed E-state index contributed by atoms with van der Waals surface area (Å²) in [5.41, 5.74) is 7.09. The minimum atomic E-state index is -1.19. The Kier molecular flexibility index (Phi) is 22.6. The van der Waals surface area contributed by atoms with Crippen LogP contribution in [0.5, 0.6) is 28.7 Å². The summed E-state index contributed by atoms with van der Waals surface area (Å²) in [7, 11) is 2.71. The summed E-state index contributed by atoms with van der Waals surface area (Å²) in [5.74, 6) is -4.94. The Labute approximate surface area is 357 Å². The number of nitrogens with two attached hydrogens (primary N) is 1. The molecule has 0 spiro atoms. The average molecular weight is 869 g/mol. The van der Waals surface area contributed by atoms with E-state index in [1.807, 2.05) is 54.6 Å². The van der Waals surface area contributed by atoms with Crippen LogP contribution < -0.4 is 19.9 Å². The lowest BCUT2D eigenvalue weighted by Gasteiger charge is -2.21. The van der Waals surface area contributed by atoms with Crippen LogP contribution in [0.3, 0.4) is 0 Å². The number of aryl methyl sites for hydroxylation is 1. The number of phenols is 2. The second kappa shape index (κ2) is 26.6. The summed E-state index contributed by atoms with van der Waals surface area (Å²) < 4.78 is 20.1. The van der Waals surface area contributed by atoms with Gasteiger partial charge in [-0.2, -0.15) is 0 Å². The SMILES string of the molecule is CC(C)(C)OC(=O)C(CCN)C(=O)O.COc1cc(CC(=O)O)c([N+](=O)[O-])cc1OC.O=C(O)CCOc1ccc(-c2ccccc2)cc1.O=C(O)CCc1ccc(O)cc1O. The molecule has 0 heterocycles. The number of aromatic hydroxyl groups is 2. The predicted molar refractivity (Wildman–Crippen MR) is 224 cm³/mol. The number of hydrogen-bond donors (Lipinski definition) is 7. The number of rotatable bonds is 17. The summed E-state index contributed by atoms with van der Waals surface area (Å²) in [6, 6.07) is 24.2. The van der Waals surface area contributed by atoms with Crippen molar-refractivity contribution < 1.29 is 78.5 Å². The highest BCUT2D eigenvalue weighted by Gasteiger charge is 2.30. The van der Waals surface area contributed by atoms with Gasteiger partial charge in [-0.1, -0.05) is 48.5 Å². The van der Waals surface area contributed by atoms with E-state index in [0.29, 0.717) is 11.3 Å². The molecule has 4 rings (SSSR count). The molecule has 0 aliphatic heterocycles. The molecule has 0 saturated carbocycles. The third kappa shape index (κ3) is 20.5. The van der Waals surface area contributed by atoms with E-state index >= 15 is 0 Å². The fourth-order valence-electron chi connectivity index (χ4n) is 4.90. The number of phenolic OH excluding ortho intramolecular Hbond substituents is 2. The maximum absolute atomic E-state index is 11.3. The van der Waals surface area contributed by atoms with Gasteiger partial charge in [0.2, 0.25) is 0 Å². The Morgan fingerprint density at radius 1 is 0.742 bits per heavy atom. The minimum absolute atomic E-state index is 0.0143. The van der Waals surface area contributed by atoms with Crippen molar-refractivity contribution in [3.05, 3.63) is 106 Å². The van der Waals surface area contributed by atoms with Crippen LogP contribution in [-0.4, -0.2) is 98.4 Å². The fourth-order valence-corrected chi connectivity index (χ4v) is 4.90. The van der Waals surface area contributed by atoms with E-state index in [1.165, 1.54) is 38.5 Å². The maximum atomic E-state index is 11.3. The van der Waals surface area contributed by atoms with Gasteiger partial charge in [0, 0.05) is 18.1 Å². The van der Waals surface area contributed by atoms with Crippen LogP contribution in [0.1, 0.15) is 51.2 Å². The molecule has 1 atom stereocenters. The number of hydrogen-bond acceptors (Lipinski definition) is 14. The minimum Gasteiger partial charge on any atom is -0.508 e. The van der Waals surface area contributed by atoms with Gasteiger partial charge in [0.1, 0.15) is 22.8 Å². The van der Waals surface area contributed by atoms with Gasteiger partial charge in [0.15, 0.2) is 17.4 Å². The smallest absolute Gasteiger partial charge is 0.320 e. The van der Waals surface area contributed by atoms with Crippen LogP contribution in [0.2, 0.25) is 0 Å². The zero-order valence-corrected chi connectivity index (χ0v) is 34.8. The topological polar surface area (TPSA) is 313 Å². The number of carboxylic acid groups (broad SMARTS) is 4. The van der Waals surface area contributed by atoms with E-state index in [2.05, 4.69) is 0 Å². The second-order valence-corrected chi connectivity index (χ2v) is 13.8. The Morgan fingerprint density at radius 3 is 1.77 bits per heavy atom. The molecule has 0 fully saturated rings. The van der Waals surface area contributed by atoms with Crippen molar-refractivity contribution in [1.29, 1.82) is 0 Å². The molecule has 0 radical (unpaired) electrons. The van der Waals surface area contributed by atoms with Gasteiger partial charge in [-0.15, -0.1) is 0 Å². The zero-order chi connectivity index (χ0) is 47.0.